The maximum atomic E-state index is 12.2. The Hall–Kier alpha value is -4.03. The average Bonchev–Trinajstić information content (AvgIpc) is 3.25. The predicted octanol–water partition coefficient (Wildman–Crippen LogP) is 2.28. The highest BCUT2D eigenvalue weighted by Crippen LogP contribution is 2.21. The van der Waals surface area contributed by atoms with Gasteiger partial charge in [0.25, 0.3) is 5.91 Å². The lowest BCUT2D eigenvalue weighted by atomic mass is 10.2. The quantitative estimate of drug-likeness (QED) is 0.324. The molecule has 0 unspecified atom stereocenters. The molecule has 4 aromatic heterocycles. The lowest BCUT2D eigenvalue weighted by Crippen LogP contribution is -2.56. The van der Waals surface area contributed by atoms with E-state index >= 15 is 0 Å². The minimum Gasteiger partial charge on any atom is -0.345 e. The third kappa shape index (κ3) is 5.07. The van der Waals surface area contributed by atoms with Crippen LogP contribution in [-0.4, -0.2) is 54.9 Å². The number of aryl methyl sites for hydroxylation is 1. The van der Waals surface area contributed by atoms with Gasteiger partial charge >= 0.3 is 0 Å². The molecule has 0 radical (unpaired) electrons. The number of hydrogen-bond donors (Lipinski definition) is 4. The SMILES string of the molecule is Cc1cccc(-c2nccc(Nc3ccnc(Nc4nc(C(=O)NC5CNC5)cs4)n3)n2)n1. The molecule has 0 aromatic carbocycles. The van der Waals surface area contributed by atoms with E-state index in [1.807, 2.05) is 25.1 Å². The number of hydrogen-bond acceptors (Lipinski definition) is 11. The van der Waals surface area contributed by atoms with Crippen LogP contribution in [0.15, 0.2) is 48.1 Å². The second kappa shape index (κ2) is 9.22. The van der Waals surface area contributed by atoms with E-state index in [0.717, 1.165) is 18.8 Å². The first-order valence-corrected chi connectivity index (χ1v) is 11.1. The summed E-state index contributed by atoms with van der Waals surface area (Å²) in [6.07, 6.45) is 3.28. The van der Waals surface area contributed by atoms with Gasteiger partial charge in [-0.3, -0.25) is 10.1 Å². The summed E-state index contributed by atoms with van der Waals surface area (Å²) in [4.78, 5) is 38.6. The van der Waals surface area contributed by atoms with Crippen molar-refractivity contribution in [2.24, 2.45) is 0 Å². The number of nitrogens with one attached hydrogen (secondary N) is 4. The number of amides is 1. The molecular formula is C21H20N10OS. The lowest BCUT2D eigenvalue weighted by Gasteiger charge is -2.27. The van der Waals surface area contributed by atoms with Crippen LogP contribution in [0.25, 0.3) is 11.5 Å². The van der Waals surface area contributed by atoms with Gasteiger partial charge in [-0.1, -0.05) is 6.07 Å². The highest BCUT2D eigenvalue weighted by Gasteiger charge is 2.21. The molecule has 4 N–H and O–H groups in total. The van der Waals surface area contributed by atoms with Crippen molar-refractivity contribution in [1.82, 2.24) is 40.5 Å². The molecule has 11 nitrogen and oxygen atoms in total. The van der Waals surface area contributed by atoms with Crippen LogP contribution in [0.5, 0.6) is 0 Å². The third-order valence-electron chi connectivity index (χ3n) is 4.76. The molecule has 0 saturated carbocycles. The molecule has 0 atom stereocenters. The Kier molecular flexibility index (Phi) is 5.83. The zero-order valence-corrected chi connectivity index (χ0v) is 18.4. The summed E-state index contributed by atoms with van der Waals surface area (Å²) in [7, 11) is 0. The number of pyridine rings is 1. The van der Waals surface area contributed by atoms with Crippen LogP contribution < -0.4 is 21.3 Å². The van der Waals surface area contributed by atoms with E-state index in [4.69, 9.17) is 0 Å². The Morgan fingerprint density at radius 2 is 1.82 bits per heavy atom. The second-order valence-corrected chi connectivity index (χ2v) is 8.17. The van der Waals surface area contributed by atoms with Crippen molar-refractivity contribution in [2.75, 3.05) is 23.7 Å². The second-order valence-electron chi connectivity index (χ2n) is 7.31. The Bertz CT molecular complexity index is 1290. The summed E-state index contributed by atoms with van der Waals surface area (Å²) in [5.41, 5.74) is 1.95. The lowest BCUT2D eigenvalue weighted by molar-refractivity contribution is 0.0919. The first-order chi connectivity index (χ1) is 16.1. The number of carbonyl (C=O) groups excluding carboxylic acids is 1. The molecule has 1 aliphatic heterocycles. The van der Waals surface area contributed by atoms with Crippen LogP contribution >= 0.6 is 11.3 Å². The molecule has 166 valence electrons. The molecule has 5 rings (SSSR count). The van der Waals surface area contributed by atoms with Gasteiger partial charge < -0.3 is 16.0 Å². The topological polar surface area (TPSA) is 143 Å². The van der Waals surface area contributed by atoms with Crippen LogP contribution in [0.2, 0.25) is 0 Å². The monoisotopic (exact) mass is 460 g/mol. The number of anilines is 4. The summed E-state index contributed by atoms with van der Waals surface area (Å²) in [6, 6.07) is 9.34. The number of nitrogens with zero attached hydrogens (tertiary/aromatic N) is 6. The maximum Gasteiger partial charge on any atom is 0.271 e. The van der Waals surface area contributed by atoms with E-state index in [1.54, 1.807) is 29.9 Å². The molecule has 0 aliphatic carbocycles. The molecule has 1 amide bonds. The van der Waals surface area contributed by atoms with Crippen molar-refractivity contribution in [1.29, 1.82) is 0 Å². The van der Waals surface area contributed by atoms with Gasteiger partial charge in [0, 0.05) is 36.6 Å². The summed E-state index contributed by atoms with van der Waals surface area (Å²) in [6.45, 7) is 3.48. The van der Waals surface area contributed by atoms with E-state index in [9.17, 15) is 4.79 Å². The highest BCUT2D eigenvalue weighted by atomic mass is 32.1. The molecule has 12 heteroatoms. The minimum absolute atomic E-state index is 0.158. The van der Waals surface area contributed by atoms with Gasteiger partial charge in [-0.25, -0.2) is 24.9 Å². The average molecular weight is 461 g/mol. The third-order valence-corrected chi connectivity index (χ3v) is 5.51. The van der Waals surface area contributed by atoms with Crippen molar-refractivity contribution >= 4 is 40.0 Å². The predicted molar refractivity (Wildman–Crippen MR) is 125 cm³/mol. The van der Waals surface area contributed by atoms with Crippen LogP contribution in [0.1, 0.15) is 16.2 Å². The first-order valence-electron chi connectivity index (χ1n) is 10.2. The minimum atomic E-state index is -0.190. The van der Waals surface area contributed by atoms with Crippen LogP contribution in [-0.2, 0) is 0 Å². The van der Waals surface area contributed by atoms with Gasteiger partial charge in [-0.15, -0.1) is 11.3 Å². The van der Waals surface area contributed by atoms with E-state index in [2.05, 4.69) is 51.2 Å². The van der Waals surface area contributed by atoms with E-state index in [0.29, 0.717) is 39.9 Å². The Morgan fingerprint density at radius 3 is 2.61 bits per heavy atom. The summed E-state index contributed by atoms with van der Waals surface area (Å²) >= 11 is 1.31. The van der Waals surface area contributed by atoms with Gasteiger partial charge in [0.15, 0.2) is 11.0 Å². The van der Waals surface area contributed by atoms with E-state index in [1.165, 1.54) is 11.3 Å². The zero-order valence-electron chi connectivity index (χ0n) is 17.6. The van der Waals surface area contributed by atoms with Crippen molar-refractivity contribution < 1.29 is 4.79 Å². The van der Waals surface area contributed by atoms with Gasteiger partial charge in [0.1, 0.15) is 23.0 Å². The molecule has 1 aliphatic rings. The normalized spacial score (nSPS) is 13.2. The van der Waals surface area contributed by atoms with Crippen LogP contribution in [0.3, 0.4) is 0 Å². The molecule has 0 bridgehead atoms. The smallest absolute Gasteiger partial charge is 0.271 e. The molecular weight excluding hydrogens is 440 g/mol. The Balaban J connectivity index is 1.26. The maximum absolute atomic E-state index is 12.2. The molecule has 33 heavy (non-hydrogen) atoms. The van der Waals surface area contributed by atoms with E-state index in [-0.39, 0.29) is 11.9 Å². The van der Waals surface area contributed by atoms with Gasteiger partial charge in [-0.2, -0.15) is 4.98 Å². The fourth-order valence-electron chi connectivity index (χ4n) is 3.02. The summed E-state index contributed by atoms with van der Waals surface area (Å²) in [5.74, 6) is 1.79. The molecule has 4 aromatic rings. The Labute approximate surface area is 193 Å². The molecule has 0 spiro atoms. The van der Waals surface area contributed by atoms with Crippen LogP contribution in [0.4, 0.5) is 22.7 Å². The number of rotatable bonds is 7. The standard InChI is InChI=1S/C21H20N10OS/c1-12-3-2-4-14(25-12)18-23-7-5-16(29-18)28-17-6-8-24-20(30-17)31-21-27-15(11-33-21)19(32)26-13-9-22-10-13/h2-8,11,13,22H,9-10H2,1H3,(H,26,32)(H2,23,24,27,28,29,30,31). The number of carbonyl (C=O) groups is 1. The highest BCUT2D eigenvalue weighted by molar-refractivity contribution is 7.14. The summed E-state index contributed by atoms with van der Waals surface area (Å²) < 4.78 is 0. The largest absolute Gasteiger partial charge is 0.345 e. The fourth-order valence-corrected chi connectivity index (χ4v) is 3.70. The van der Waals surface area contributed by atoms with Gasteiger partial charge in [-0.05, 0) is 31.2 Å². The van der Waals surface area contributed by atoms with E-state index < -0.39 is 0 Å². The van der Waals surface area contributed by atoms with Crippen molar-refractivity contribution in [3.63, 3.8) is 0 Å². The summed E-state index contributed by atoms with van der Waals surface area (Å²) in [5, 5.41) is 14.5. The van der Waals surface area contributed by atoms with Crippen molar-refractivity contribution in [3.8, 4) is 11.5 Å². The number of aromatic nitrogens is 6. The number of thiazole rings is 1. The zero-order chi connectivity index (χ0) is 22.6. The fraction of sp³-hybridized carbons (Fsp3) is 0.190. The first kappa shape index (κ1) is 20.8. The van der Waals surface area contributed by atoms with Gasteiger partial charge in [0.2, 0.25) is 5.95 Å². The molecule has 1 fully saturated rings. The van der Waals surface area contributed by atoms with Gasteiger partial charge in [0.05, 0.1) is 6.04 Å². The van der Waals surface area contributed by atoms with Crippen molar-refractivity contribution in [2.45, 2.75) is 13.0 Å². The van der Waals surface area contributed by atoms with Crippen molar-refractivity contribution in [3.05, 3.63) is 59.5 Å². The molecule has 5 heterocycles. The molecule has 1 saturated heterocycles. The Morgan fingerprint density at radius 1 is 1.00 bits per heavy atom. The van der Waals surface area contributed by atoms with Crippen LogP contribution in [0, 0.1) is 6.92 Å².